The lowest BCUT2D eigenvalue weighted by molar-refractivity contribution is -0.137. The number of carbonyl (C=O) groups is 1. The zero-order valence-corrected chi connectivity index (χ0v) is 17.4. The van der Waals surface area contributed by atoms with Crippen molar-refractivity contribution in [3.63, 3.8) is 0 Å². The number of nitrogens with zero attached hydrogens (tertiary/aromatic N) is 4. The average Bonchev–Trinajstić information content (AvgIpc) is 3.08. The van der Waals surface area contributed by atoms with E-state index in [4.69, 9.17) is 11.6 Å². The van der Waals surface area contributed by atoms with Gasteiger partial charge in [0, 0.05) is 31.0 Å². The highest BCUT2D eigenvalue weighted by Crippen LogP contribution is 2.34. The summed E-state index contributed by atoms with van der Waals surface area (Å²) in [5.41, 5.74) is 2.60. The fourth-order valence-electron chi connectivity index (χ4n) is 2.88. The molecule has 2 N–H and O–H groups in total. The van der Waals surface area contributed by atoms with Crippen molar-refractivity contribution in [1.82, 2.24) is 20.2 Å². The molecular weight excluding hydrogens is 437 g/mol. The molecule has 2 amide bonds. The second-order valence-electron chi connectivity index (χ2n) is 6.44. The zero-order valence-electron chi connectivity index (χ0n) is 16.7. The molecule has 1 heterocycles. The summed E-state index contributed by atoms with van der Waals surface area (Å²) in [7, 11) is 4.56. The van der Waals surface area contributed by atoms with Crippen LogP contribution in [-0.2, 0) is 18.1 Å². The highest BCUT2D eigenvalue weighted by molar-refractivity contribution is 6.33. The Morgan fingerprint density at radius 2 is 1.94 bits per heavy atom. The van der Waals surface area contributed by atoms with Gasteiger partial charge in [0.05, 0.1) is 17.7 Å². The molecule has 3 aromatic rings. The smallest absolute Gasteiger partial charge is 0.314 e. The van der Waals surface area contributed by atoms with Crippen molar-refractivity contribution in [2.24, 2.45) is 7.05 Å². The van der Waals surface area contributed by atoms with Gasteiger partial charge < -0.3 is 10.2 Å². The van der Waals surface area contributed by atoms with Gasteiger partial charge in [-0.3, -0.25) is 9.40 Å². The molecule has 0 unspecified atom stereocenters. The first-order valence-corrected chi connectivity index (χ1v) is 9.20. The van der Waals surface area contributed by atoms with Crippen LogP contribution in [0.1, 0.15) is 5.56 Å². The van der Waals surface area contributed by atoms with Crippen LogP contribution in [0.15, 0.2) is 42.5 Å². The second kappa shape index (κ2) is 8.82. The van der Waals surface area contributed by atoms with Crippen LogP contribution < -0.4 is 15.7 Å². The lowest BCUT2D eigenvalue weighted by Crippen LogP contribution is -2.27. The summed E-state index contributed by atoms with van der Waals surface area (Å²) in [6, 6.07) is 9.11. The van der Waals surface area contributed by atoms with Gasteiger partial charge in [-0.2, -0.15) is 13.2 Å². The Hall–Kier alpha value is -3.31. The molecule has 31 heavy (non-hydrogen) atoms. The van der Waals surface area contributed by atoms with Crippen LogP contribution in [0.2, 0.25) is 5.02 Å². The van der Waals surface area contributed by atoms with Crippen molar-refractivity contribution in [2.75, 3.05) is 24.4 Å². The minimum absolute atomic E-state index is 0.291. The fourth-order valence-corrected chi connectivity index (χ4v) is 3.14. The molecule has 0 spiro atoms. The third kappa shape index (κ3) is 4.89. The van der Waals surface area contributed by atoms with E-state index in [0.29, 0.717) is 33.7 Å². The van der Waals surface area contributed by atoms with Gasteiger partial charge >= 0.3 is 12.2 Å². The molecule has 0 saturated carbocycles. The van der Waals surface area contributed by atoms with Crippen molar-refractivity contribution in [3.05, 3.63) is 53.1 Å². The Balaban J connectivity index is 1.89. The SMILES string of the molecule is CONC(=O)Nc1ccc(-c2nnc(N(C)c3cccc(C(F)(F)F)c3)n2C)c(Cl)c1. The molecule has 0 radical (unpaired) electrons. The molecule has 0 fully saturated rings. The number of alkyl halides is 3. The fraction of sp³-hybridized carbons (Fsp3) is 0.211. The van der Waals surface area contributed by atoms with E-state index in [1.54, 1.807) is 36.9 Å². The summed E-state index contributed by atoms with van der Waals surface area (Å²) in [4.78, 5) is 17.5. The van der Waals surface area contributed by atoms with E-state index < -0.39 is 17.8 Å². The first-order valence-electron chi connectivity index (χ1n) is 8.82. The summed E-state index contributed by atoms with van der Waals surface area (Å²) in [6.07, 6.45) is -4.45. The Bertz CT molecular complexity index is 1100. The average molecular weight is 455 g/mol. The minimum Gasteiger partial charge on any atom is -0.314 e. The zero-order chi connectivity index (χ0) is 22.8. The van der Waals surface area contributed by atoms with Crippen molar-refractivity contribution in [2.45, 2.75) is 6.18 Å². The van der Waals surface area contributed by atoms with E-state index >= 15 is 0 Å². The van der Waals surface area contributed by atoms with Gasteiger partial charge in [0.1, 0.15) is 0 Å². The van der Waals surface area contributed by atoms with Crippen LogP contribution in [0.25, 0.3) is 11.4 Å². The van der Waals surface area contributed by atoms with Gasteiger partial charge in [0.15, 0.2) is 5.82 Å². The van der Waals surface area contributed by atoms with Crippen LogP contribution >= 0.6 is 11.6 Å². The standard InChI is InChI=1S/C19H18ClF3N6O2/c1-28(13-6-4-5-11(9-13)19(21,22)23)18-26-25-16(29(18)2)14-8-7-12(10-15(14)20)24-17(30)27-31-3/h4-10H,1-3H3,(H2,24,27,30). The van der Waals surface area contributed by atoms with Crippen LogP contribution in [-0.4, -0.2) is 35.0 Å². The monoisotopic (exact) mass is 454 g/mol. The van der Waals surface area contributed by atoms with Crippen molar-refractivity contribution in [3.8, 4) is 11.4 Å². The van der Waals surface area contributed by atoms with Crippen molar-refractivity contribution >= 4 is 35.0 Å². The number of amides is 2. The molecule has 2 aromatic carbocycles. The molecule has 0 atom stereocenters. The minimum atomic E-state index is -4.45. The van der Waals surface area contributed by atoms with E-state index in [1.807, 2.05) is 0 Å². The van der Waals surface area contributed by atoms with E-state index in [-0.39, 0.29) is 0 Å². The second-order valence-corrected chi connectivity index (χ2v) is 6.85. The molecular formula is C19H18ClF3N6O2. The normalized spacial score (nSPS) is 11.3. The molecule has 8 nitrogen and oxygen atoms in total. The van der Waals surface area contributed by atoms with E-state index in [1.165, 1.54) is 24.1 Å². The van der Waals surface area contributed by atoms with Crippen molar-refractivity contribution < 1.29 is 22.8 Å². The third-order valence-corrected chi connectivity index (χ3v) is 4.69. The molecule has 164 valence electrons. The van der Waals surface area contributed by atoms with Gasteiger partial charge in [-0.1, -0.05) is 17.7 Å². The number of hydroxylamine groups is 1. The molecule has 1 aromatic heterocycles. The highest BCUT2D eigenvalue weighted by atomic mass is 35.5. The summed E-state index contributed by atoms with van der Waals surface area (Å²) < 4.78 is 40.7. The van der Waals surface area contributed by atoms with Gasteiger partial charge in [0.25, 0.3) is 0 Å². The van der Waals surface area contributed by atoms with Gasteiger partial charge in [-0.15, -0.1) is 10.2 Å². The largest absolute Gasteiger partial charge is 0.416 e. The first-order chi connectivity index (χ1) is 14.6. The van der Waals surface area contributed by atoms with Gasteiger partial charge in [-0.05, 0) is 36.4 Å². The predicted molar refractivity (Wildman–Crippen MR) is 110 cm³/mol. The highest BCUT2D eigenvalue weighted by Gasteiger charge is 2.31. The number of benzene rings is 2. The van der Waals surface area contributed by atoms with Crippen LogP contribution in [0.3, 0.4) is 0 Å². The number of carbonyl (C=O) groups excluding carboxylic acids is 1. The molecule has 0 saturated heterocycles. The van der Waals surface area contributed by atoms with Crippen molar-refractivity contribution in [1.29, 1.82) is 0 Å². The predicted octanol–water partition coefficient (Wildman–Crippen LogP) is 4.61. The summed E-state index contributed by atoms with van der Waals surface area (Å²) in [5.74, 6) is 0.707. The number of urea groups is 1. The lowest BCUT2D eigenvalue weighted by Gasteiger charge is -2.19. The summed E-state index contributed by atoms with van der Waals surface area (Å²) in [5, 5.41) is 11.1. The molecule has 0 bridgehead atoms. The number of anilines is 3. The number of nitrogens with one attached hydrogen (secondary N) is 2. The van der Waals surface area contributed by atoms with E-state index in [2.05, 4.69) is 25.8 Å². The maximum Gasteiger partial charge on any atom is 0.416 e. The quantitative estimate of drug-likeness (QED) is 0.550. The Morgan fingerprint density at radius 3 is 2.58 bits per heavy atom. The third-order valence-electron chi connectivity index (χ3n) is 4.38. The maximum atomic E-state index is 13.0. The first kappa shape index (κ1) is 22.4. The molecule has 0 aliphatic carbocycles. The molecule has 3 rings (SSSR count). The number of hydrogen-bond acceptors (Lipinski definition) is 5. The van der Waals surface area contributed by atoms with E-state index in [0.717, 1.165) is 12.1 Å². The number of hydrogen-bond donors (Lipinski definition) is 2. The molecule has 0 aliphatic rings. The van der Waals surface area contributed by atoms with Crippen LogP contribution in [0.5, 0.6) is 0 Å². The number of rotatable bonds is 5. The number of halogens is 4. The van der Waals surface area contributed by atoms with Gasteiger partial charge in [-0.25, -0.2) is 10.3 Å². The van der Waals surface area contributed by atoms with Crippen LogP contribution in [0.4, 0.5) is 35.3 Å². The van der Waals surface area contributed by atoms with Crippen LogP contribution in [0, 0.1) is 0 Å². The lowest BCUT2D eigenvalue weighted by atomic mass is 10.2. The maximum absolute atomic E-state index is 13.0. The molecule has 0 aliphatic heterocycles. The van der Waals surface area contributed by atoms with E-state index in [9.17, 15) is 18.0 Å². The summed E-state index contributed by atoms with van der Waals surface area (Å²) >= 11 is 6.35. The Kier molecular flexibility index (Phi) is 6.37. The Morgan fingerprint density at radius 1 is 1.19 bits per heavy atom. The van der Waals surface area contributed by atoms with Gasteiger partial charge in [0.2, 0.25) is 5.95 Å². The summed E-state index contributed by atoms with van der Waals surface area (Å²) in [6.45, 7) is 0. The molecule has 12 heteroatoms. The Labute approximate surface area is 180 Å². The number of aromatic nitrogens is 3. The topological polar surface area (TPSA) is 84.3 Å².